The van der Waals surface area contributed by atoms with Crippen LogP contribution in [0.5, 0.6) is 0 Å². The first-order chi connectivity index (χ1) is 45.8. The third kappa shape index (κ3) is 36.3. The quantitative estimate of drug-likeness (QED) is 0.0199. The Kier molecular flexibility index (Phi) is 49.9. The normalized spacial score (nSPS) is 28.0. The first-order valence-corrected chi connectivity index (χ1v) is 36.1. The van der Waals surface area contributed by atoms with Gasteiger partial charge >= 0.3 is 0 Å². The Bertz CT molecular complexity index is 2130. The lowest BCUT2D eigenvalue weighted by molar-refractivity contribution is -0.379. The lowest BCUT2D eigenvalue weighted by Crippen LogP contribution is -2.66. The Morgan fingerprint density at radius 1 is 0.394 bits per heavy atom. The van der Waals surface area contributed by atoms with Crippen molar-refractivity contribution in [3.8, 4) is 0 Å². The number of aliphatic hydroxyl groups is 11. The third-order valence-corrected chi connectivity index (χ3v) is 17.3. The van der Waals surface area contributed by atoms with Crippen molar-refractivity contribution in [1.29, 1.82) is 0 Å². The van der Waals surface area contributed by atoms with Gasteiger partial charge in [-0.2, -0.15) is 0 Å². The summed E-state index contributed by atoms with van der Waals surface area (Å²) < 4.78 is 34.3. The van der Waals surface area contributed by atoms with Gasteiger partial charge in [-0.1, -0.05) is 232 Å². The van der Waals surface area contributed by atoms with Crippen LogP contribution in [0.15, 0.2) is 109 Å². The summed E-state index contributed by atoms with van der Waals surface area (Å²) >= 11 is 0. The number of aliphatic hydroxyl groups excluding tert-OH is 11. The molecule has 17 atom stereocenters. The van der Waals surface area contributed by atoms with E-state index in [0.717, 1.165) is 89.9 Å². The standard InChI is InChI=1S/C75H127NO18/c1-3-5-7-9-11-13-15-17-19-21-23-25-27-28-29-31-32-34-36-38-40-42-44-46-48-50-52-59(80)58(76-63(81)53-51-49-47-45-43-41-39-37-35-33-30-26-24-22-20-18-16-14-12-10-8-6-4-2)57-89-73-69(87)66(84)71(61(55-78)91-73)94-75-70(88)67(85)72(62(56-79)92-75)93-74-68(86)65(83)64(82)60(54-77)90-74/h6,8,12,14,18,20,24,26,33-36,39,41-42,44,50,52,58-62,64-75,77-80,82-88H,3-5,7,9-11,13,15-17,19,21-23,25,27-32,37-38,40,43,45-49,51,53-57H2,1-2H3,(H,76,81)/b8-6-,14-12-,20-18-,26-24-,35-33-,36-34+,41-39-,44-42+,52-50+. The summed E-state index contributed by atoms with van der Waals surface area (Å²) in [5, 5.41) is 121. The predicted octanol–water partition coefficient (Wildman–Crippen LogP) is 10.2. The molecule has 12 N–H and O–H groups in total. The summed E-state index contributed by atoms with van der Waals surface area (Å²) in [5.41, 5.74) is 0. The van der Waals surface area contributed by atoms with E-state index in [1.54, 1.807) is 6.08 Å². The molecule has 0 aromatic carbocycles. The van der Waals surface area contributed by atoms with Crippen LogP contribution in [0.2, 0.25) is 0 Å². The smallest absolute Gasteiger partial charge is 0.220 e. The van der Waals surface area contributed by atoms with Gasteiger partial charge in [-0.15, -0.1) is 0 Å². The van der Waals surface area contributed by atoms with Gasteiger partial charge in [-0.25, -0.2) is 0 Å². The predicted molar refractivity (Wildman–Crippen MR) is 369 cm³/mol. The molecule has 540 valence electrons. The van der Waals surface area contributed by atoms with E-state index in [1.807, 2.05) is 6.08 Å². The number of hydrogen-bond donors (Lipinski definition) is 12. The topological polar surface area (TPSA) is 307 Å². The van der Waals surface area contributed by atoms with E-state index in [4.69, 9.17) is 28.4 Å². The second kappa shape index (κ2) is 55.3. The molecule has 3 rings (SSSR count). The van der Waals surface area contributed by atoms with Crippen molar-refractivity contribution in [2.24, 2.45) is 0 Å². The summed E-state index contributed by atoms with van der Waals surface area (Å²) in [6.45, 7) is 1.57. The van der Waals surface area contributed by atoms with Gasteiger partial charge in [0.2, 0.25) is 5.91 Å². The number of allylic oxidation sites excluding steroid dienone is 17. The first-order valence-electron chi connectivity index (χ1n) is 36.1. The maximum atomic E-state index is 13.4. The Morgan fingerprint density at radius 2 is 0.745 bits per heavy atom. The largest absolute Gasteiger partial charge is 0.394 e. The van der Waals surface area contributed by atoms with Crippen LogP contribution in [-0.4, -0.2) is 193 Å². The van der Waals surface area contributed by atoms with Crippen LogP contribution in [0, 0.1) is 0 Å². The van der Waals surface area contributed by atoms with Crippen molar-refractivity contribution in [1.82, 2.24) is 5.32 Å². The number of amides is 1. The minimum absolute atomic E-state index is 0.195. The third-order valence-electron chi connectivity index (χ3n) is 17.3. The highest BCUT2D eigenvalue weighted by atomic mass is 16.8. The van der Waals surface area contributed by atoms with Gasteiger partial charge in [-0.3, -0.25) is 4.79 Å². The Morgan fingerprint density at radius 3 is 1.19 bits per heavy atom. The zero-order valence-electron chi connectivity index (χ0n) is 57.1. The molecule has 3 aliphatic heterocycles. The number of unbranched alkanes of at least 4 members (excludes halogenated alkanes) is 22. The molecule has 1 amide bonds. The number of carbonyl (C=O) groups excluding carboxylic acids is 1. The number of nitrogens with one attached hydrogen (secondary N) is 1. The van der Waals surface area contributed by atoms with Gasteiger partial charge in [0, 0.05) is 6.42 Å². The highest BCUT2D eigenvalue weighted by Gasteiger charge is 2.53. The number of ether oxygens (including phenoxy) is 6. The van der Waals surface area contributed by atoms with Gasteiger partial charge in [0.1, 0.15) is 73.2 Å². The first kappa shape index (κ1) is 84.7. The molecular formula is C75H127NO18. The number of rotatable bonds is 54. The van der Waals surface area contributed by atoms with Crippen LogP contribution in [0.25, 0.3) is 0 Å². The second-order valence-corrected chi connectivity index (χ2v) is 25.3. The van der Waals surface area contributed by atoms with Crippen molar-refractivity contribution in [2.45, 2.75) is 330 Å². The molecule has 3 heterocycles. The lowest BCUT2D eigenvalue weighted by Gasteiger charge is -2.48. The molecule has 94 heavy (non-hydrogen) atoms. The highest BCUT2D eigenvalue weighted by Crippen LogP contribution is 2.33. The molecule has 0 aromatic rings. The summed E-state index contributed by atoms with van der Waals surface area (Å²) in [5.74, 6) is -0.318. The fourth-order valence-electron chi connectivity index (χ4n) is 11.5. The Labute approximate surface area is 564 Å². The van der Waals surface area contributed by atoms with Crippen LogP contribution in [0.1, 0.15) is 226 Å². The van der Waals surface area contributed by atoms with Crippen molar-refractivity contribution in [2.75, 3.05) is 26.4 Å². The Balaban J connectivity index is 1.46. The van der Waals surface area contributed by atoms with Gasteiger partial charge in [0.05, 0.1) is 38.6 Å². The molecule has 19 heteroatoms. The molecule has 3 aliphatic rings. The number of hydrogen-bond acceptors (Lipinski definition) is 18. The summed E-state index contributed by atoms with van der Waals surface area (Å²) in [4.78, 5) is 13.4. The van der Waals surface area contributed by atoms with Crippen molar-refractivity contribution in [3.63, 3.8) is 0 Å². The SMILES string of the molecule is CC/C=C\C/C=C\C/C=C\C/C=C\C/C=C\C/C=C\CCCCCCC(=O)NC(COC1OC(CO)C(OC2OC(CO)C(OC3OC(CO)C(O)C(O)C3O)C(O)C2O)C(O)C1O)C(O)/C=C/CC/C=C/CC/C=C/CCCCCCCCCCCCCCCCCC. The average Bonchev–Trinajstić information content (AvgIpc) is 0.787. The molecule has 0 radical (unpaired) electrons. The van der Waals surface area contributed by atoms with E-state index >= 15 is 0 Å². The molecular weight excluding hydrogens is 1200 g/mol. The van der Waals surface area contributed by atoms with Crippen molar-refractivity contribution >= 4 is 5.91 Å². The molecule has 3 fully saturated rings. The van der Waals surface area contributed by atoms with Gasteiger partial charge < -0.3 is 89.9 Å². The van der Waals surface area contributed by atoms with E-state index < -0.39 is 131 Å². The number of carbonyl (C=O) groups is 1. The minimum atomic E-state index is -1.99. The summed E-state index contributed by atoms with van der Waals surface area (Å²) in [6, 6.07) is -1.02. The molecule has 0 spiro atoms. The van der Waals surface area contributed by atoms with Gasteiger partial charge in [0.25, 0.3) is 0 Å². The lowest BCUT2D eigenvalue weighted by atomic mass is 9.96. The summed E-state index contributed by atoms with van der Waals surface area (Å²) in [6.07, 6.45) is 47.8. The minimum Gasteiger partial charge on any atom is -0.394 e. The van der Waals surface area contributed by atoms with Gasteiger partial charge in [-0.05, 0) is 96.3 Å². The molecule has 0 bridgehead atoms. The van der Waals surface area contributed by atoms with Crippen LogP contribution >= 0.6 is 0 Å². The fourth-order valence-corrected chi connectivity index (χ4v) is 11.5. The highest BCUT2D eigenvalue weighted by molar-refractivity contribution is 5.76. The summed E-state index contributed by atoms with van der Waals surface area (Å²) in [7, 11) is 0. The fraction of sp³-hybridized carbons (Fsp3) is 0.747. The monoisotopic (exact) mass is 1330 g/mol. The van der Waals surface area contributed by atoms with Crippen LogP contribution in [-0.2, 0) is 33.2 Å². The molecule has 17 unspecified atom stereocenters. The second-order valence-electron chi connectivity index (χ2n) is 25.3. The van der Waals surface area contributed by atoms with Crippen molar-refractivity contribution < 1.29 is 89.4 Å². The molecule has 0 saturated carbocycles. The Hall–Kier alpha value is -3.55. The maximum absolute atomic E-state index is 13.4. The van der Waals surface area contributed by atoms with Crippen molar-refractivity contribution in [3.05, 3.63) is 109 Å². The van der Waals surface area contributed by atoms with E-state index in [2.05, 4.69) is 116 Å². The van der Waals surface area contributed by atoms with Crippen LogP contribution < -0.4 is 5.32 Å². The van der Waals surface area contributed by atoms with Gasteiger partial charge in [0.15, 0.2) is 18.9 Å². The van der Waals surface area contributed by atoms with E-state index in [9.17, 15) is 61.0 Å². The average molecular weight is 1330 g/mol. The molecule has 19 nitrogen and oxygen atoms in total. The van der Waals surface area contributed by atoms with E-state index in [1.165, 1.54) is 103 Å². The molecule has 0 aliphatic carbocycles. The zero-order valence-corrected chi connectivity index (χ0v) is 57.1. The zero-order chi connectivity index (χ0) is 68.2. The van der Waals surface area contributed by atoms with Crippen LogP contribution in [0.4, 0.5) is 0 Å². The molecule has 3 saturated heterocycles. The van der Waals surface area contributed by atoms with Crippen LogP contribution in [0.3, 0.4) is 0 Å². The van der Waals surface area contributed by atoms with E-state index in [0.29, 0.717) is 12.8 Å². The maximum Gasteiger partial charge on any atom is 0.220 e. The molecule has 0 aromatic heterocycles. The van der Waals surface area contributed by atoms with E-state index in [-0.39, 0.29) is 12.3 Å².